The molecule has 31 heavy (non-hydrogen) atoms. The molecule has 8 heteroatoms. The third-order valence-corrected chi connectivity index (χ3v) is 4.29. The molecule has 0 spiro atoms. The van der Waals surface area contributed by atoms with Crippen LogP contribution >= 0.6 is 11.6 Å². The number of nitrogens with one attached hydrogen (secondary N) is 3. The first-order valence-electron chi connectivity index (χ1n) is 9.96. The topological polar surface area (TPSA) is 88.2 Å². The van der Waals surface area contributed by atoms with Gasteiger partial charge in [0.1, 0.15) is 11.4 Å². The maximum absolute atomic E-state index is 12.0. The predicted molar refractivity (Wildman–Crippen MR) is 125 cm³/mol. The standard InChI is InChI=1S/C23H26ClN5O2/c1-23(2,3)31-22(30)28-19-11-7-10-18(14-19)27-20-16(15-26-21(24)29-20)12-13-25-17-8-5-4-6-9-17/h4-11,14-15,25H,12-13H2,1-3H3,(H,28,30)(H,26,27,29). The maximum Gasteiger partial charge on any atom is 0.412 e. The van der Waals surface area contributed by atoms with Crippen LogP contribution in [0, 0.1) is 0 Å². The minimum atomic E-state index is -0.569. The van der Waals surface area contributed by atoms with Gasteiger partial charge in [-0.15, -0.1) is 0 Å². The third-order valence-electron chi connectivity index (χ3n) is 4.10. The van der Waals surface area contributed by atoms with E-state index in [1.165, 1.54) is 0 Å². The summed E-state index contributed by atoms with van der Waals surface area (Å²) in [7, 11) is 0. The van der Waals surface area contributed by atoms with Gasteiger partial charge in [0.05, 0.1) is 0 Å². The number of hydrogen-bond donors (Lipinski definition) is 3. The Hall–Kier alpha value is -3.32. The van der Waals surface area contributed by atoms with Gasteiger partial charge >= 0.3 is 6.09 Å². The van der Waals surface area contributed by atoms with Crippen molar-refractivity contribution in [2.24, 2.45) is 0 Å². The molecule has 3 rings (SSSR count). The zero-order chi connectivity index (χ0) is 22.3. The monoisotopic (exact) mass is 439 g/mol. The van der Waals surface area contributed by atoms with Crippen LogP contribution in [0.2, 0.25) is 5.28 Å². The number of carbonyl (C=O) groups is 1. The van der Waals surface area contributed by atoms with Crippen molar-refractivity contribution in [1.82, 2.24) is 9.97 Å². The van der Waals surface area contributed by atoms with E-state index in [2.05, 4.69) is 25.9 Å². The number of hydrogen-bond acceptors (Lipinski definition) is 6. The fraction of sp³-hybridized carbons (Fsp3) is 0.261. The van der Waals surface area contributed by atoms with Crippen molar-refractivity contribution >= 4 is 40.6 Å². The van der Waals surface area contributed by atoms with E-state index in [0.717, 1.165) is 16.9 Å². The Labute approximate surface area is 187 Å². The molecule has 2 aromatic carbocycles. The van der Waals surface area contributed by atoms with Gasteiger partial charge in [0.2, 0.25) is 5.28 Å². The van der Waals surface area contributed by atoms with Crippen molar-refractivity contribution in [3.8, 4) is 0 Å². The number of rotatable bonds is 7. The van der Waals surface area contributed by atoms with Gasteiger partial charge in [0.15, 0.2) is 0 Å². The highest BCUT2D eigenvalue weighted by atomic mass is 35.5. The minimum absolute atomic E-state index is 0.158. The quantitative estimate of drug-likeness (QED) is 0.398. The van der Waals surface area contributed by atoms with Crippen molar-refractivity contribution in [1.29, 1.82) is 0 Å². The lowest BCUT2D eigenvalue weighted by Crippen LogP contribution is -2.27. The van der Waals surface area contributed by atoms with Crippen LogP contribution in [0.15, 0.2) is 60.8 Å². The second-order valence-corrected chi connectivity index (χ2v) is 8.23. The molecule has 0 radical (unpaired) electrons. The van der Waals surface area contributed by atoms with Crippen LogP contribution in [-0.2, 0) is 11.2 Å². The summed E-state index contributed by atoms with van der Waals surface area (Å²) in [4.78, 5) is 20.5. The highest BCUT2D eigenvalue weighted by molar-refractivity contribution is 6.28. The average molecular weight is 440 g/mol. The maximum atomic E-state index is 12.0. The van der Waals surface area contributed by atoms with Gasteiger partial charge in [-0.05, 0) is 69.1 Å². The van der Waals surface area contributed by atoms with E-state index in [-0.39, 0.29) is 5.28 Å². The number of amides is 1. The van der Waals surface area contributed by atoms with Gasteiger partial charge < -0.3 is 15.4 Å². The van der Waals surface area contributed by atoms with Gasteiger partial charge in [-0.2, -0.15) is 0 Å². The van der Waals surface area contributed by atoms with E-state index in [1.807, 2.05) is 63.2 Å². The zero-order valence-electron chi connectivity index (χ0n) is 17.8. The smallest absolute Gasteiger partial charge is 0.412 e. The molecule has 0 unspecified atom stereocenters. The molecule has 0 aliphatic carbocycles. The number of halogens is 1. The lowest BCUT2D eigenvalue weighted by Gasteiger charge is -2.20. The van der Waals surface area contributed by atoms with Crippen molar-refractivity contribution in [3.63, 3.8) is 0 Å². The molecule has 1 amide bonds. The summed E-state index contributed by atoms with van der Waals surface area (Å²) in [6, 6.07) is 17.3. The molecule has 7 nitrogen and oxygen atoms in total. The van der Waals surface area contributed by atoms with E-state index in [9.17, 15) is 4.79 Å². The molecule has 0 saturated carbocycles. The molecular weight excluding hydrogens is 414 g/mol. The van der Waals surface area contributed by atoms with Crippen LogP contribution in [-0.4, -0.2) is 28.2 Å². The zero-order valence-corrected chi connectivity index (χ0v) is 18.5. The van der Waals surface area contributed by atoms with E-state index in [4.69, 9.17) is 16.3 Å². The van der Waals surface area contributed by atoms with E-state index in [1.54, 1.807) is 18.3 Å². The molecule has 3 N–H and O–H groups in total. The largest absolute Gasteiger partial charge is 0.444 e. The lowest BCUT2D eigenvalue weighted by atomic mass is 10.2. The van der Waals surface area contributed by atoms with Crippen LogP contribution in [0.3, 0.4) is 0 Å². The molecule has 0 fully saturated rings. The van der Waals surface area contributed by atoms with Gasteiger partial charge in [-0.1, -0.05) is 24.3 Å². The molecule has 1 aromatic heterocycles. The van der Waals surface area contributed by atoms with E-state index >= 15 is 0 Å². The summed E-state index contributed by atoms with van der Waals surface area (Å²) < 4.78 is 5.30. The van der Waals surface area contributed by atoms with E-state index in [0.29, 0.717) is 24.5 Å². The molecular formula is C23H26ClN5O2. The second kappa shape index (κ2) is 10.1. The van der Waals surface area contributed by atoms with Crippen LogP contribution in [0.5, 0.6) is 0 Å². The Morgan fingerprint density at radius 3 is 2.48 bits per heavy atom. The average Bonchev–Trinajstić information content (AvgIpc) is 2.69. The van der Waals surface area contributed by atoms with Crippen LogP contribution in [0.25, 0.3) is 0 Å². The van der Waals surface area contributed by atoms with Gasteiger partial charge in [0, 0.05) is 35.4 Å². The van der Waals surface area contributed by atoms with Crippen LogP contribution < -0.4 is 16.0 Å². The summed E-state index contributed by atoms with van der Waals surface area (Å²) in [5.74, 6) is 0.615. The Morgan fingerprint density at radius 1 is 1.03 bits per heavy atom. The number of anilines is 4. The predicted octanol–water partition coefficient (Wildman–Crippen LogP) is 5.88. The normalized spacial score (nSPS) is 11.0. The second-order valence-electron chi connectivity index (χ2n) is 7.89. The highest BCUT2D eigenvalue weighted by Crippen LogP contribution is 2.23. The number of nitrogens with zero attached hydrogens (tertiary/aromatic N) is 2. The number of benzene rings is 2. The molecule has 1 heterocycles. The third kappa shape index (κ3) is 7.46. The number of carbonyl (C=O) groups excluding carboxylic acids is 1. The van der Waals surface area contributed by atoms with Crippen molar-refractivity contribution in [3.05, 3.63) is 71.6 Å². The highest BCUT2D eigenvalue weighted by Gasteiger charge is 2.16. The minimum Gasteiger partial charge on any atom is -0.444 e. The van der Waals surface area contributed by atoms with Gasteiger partial charge in [-0.3, -0.25) is 5.32 Å². The Morgan fingerprint density at radius 2 is 1.74 bits per heavy atom. The summed E-state index contributed by atoms with van der Waals surface area (Å²) >= 11 is 6.02. The molecule has 162 valence electrons. The SMILES string of the molecule is CC(C)(C)OC(=O)Nc1cccc(Nc2nc(Cl)ncc2CCNc2ccccc2)c1. The molecule has 0 saturated heterocycles. The summed E-state index contributed by atoms with van der Waals surface area (Å²) in [6.07, 6.45) is 1.90. The Bertz CT molecular complexity index is 1020. The van der Waals surface area contributed by atoms with Crippen molar-refractivity contribution in [2.75, 3.05) is 22.5 Å². The number of ether oxygens (including phenoxy) is 1. The Balaban J connectivity index is 1.67. The number of para-hydroxylation sites is 1. The molecule has 3 aromatic rings. The van der Waals surface area contributed by atoms with Crippen LogP contribution in [0.1, 0.15) is 26.3 Å². The van der Waals surface area contributed by atoms with Crippen molar-refractivity contribution < 1.29 is 9.53 Å². The van der Waals surface area contributed by atoms with Gasteiger partial charge in [0.25, 0.3) is 0 Å². The van der Waals surface area contributed by atoms with Crippen LogP contribution in [0.4, 0.5) is 27.7 Å². The first kappa shape index (κ1) is 22.4. The lowest BCUT2D eigenvalue weighted by molar-refractivity contribution is 0.0636. The van der Waals surface area contributed by atoms with Crippen molar-refractivity contribution in [2.45, 2.75) is 32.8 Å². The molecule has 0 aliphatic rings. The molecule has 0 atom stereocenters. The summed E-state index contributed by atoms with van der Waals surface area (Å²) in [5.41, 5.74) is 2.75. The Kier molecular flexibility index (Phi) is 7.31. The van der Waals surface area contributed by atoms with E-state index < -0.39 is 11.7 Å². The van der Waals surface area contributed by atoms with Gasteiger partial charge in [-0.25, -0.2) is 14.8 Å². The molecule has 0 aliphatic heterocycles. The first-order valence-corrected chi connectivity index (χ1v) is 10.3. The fourth-order valence-corrected chi connectivity index (χ4v) is 2.94. The summed E-state index contributed by atoms with van der Waals surface area (Å²) in [6.45, 7) is 6.16. The summed E-state index contributed by atoms with van der Waals surface area (Å²) in [5, 5.41) is 9.53. The first-order chi connectivity index (χ1) is 14.8. The molecule has 0 bridgehead atoms. The fourth-order valence-electron chi connectivity index (χ4n) is 2.81. The number of aromatic nitrogens is 2.